The molecule has 1 saturated carbocycles. The highest BCUT2D eigenvalue weighted by Crippen LogP contribution is 2.25. The molecule has 0 unspecified atom stereocenters. The average molecular weight is 267 g/mol. The Morgan fingerprint density at radius 3 is 2.95 bits per heavy atom. The SMILES string of the molecule is CC1CCC(OCCn2cc(C(=O)NN)nn2)CC1. The van der Waals surface area contributed by atoms with Crippen molar-refractivity contribution < 1.29 is 9.53 Å². The second-order valence-electron chi connectivity index (χ2n) is 5.09. The van der Waals surface area contributed by atoms with Crippen LogP contribution < -0.4 is 11.3 Å². The number of nitrogens with one attached hydrogen (secondary N) is 1. The van der Waals surface area contributed by atoms with E-state index in [9.17, 15) is 4.79 Å². The number of hydrazine groups is 1. The van der Waals surface area contributed by atoms with E-state index in [1.807, 2.05) is 5.43 Å². The van der Waals surface area contributed by atoms with Crippen LogP contribution in [0.2, 0.25) is 0 Å². The van der Waals surface area contributed by atoms with Gasteiger partial charge in [0.2, 0.25) is 0 Å². The predicted octanol–water partition coefficient (Wildman–Crippen LogP) is 0.477. The van der Waals surface area contributed by atoms with Gasteiger partial charge in [0.05, 0.1) is 25.5 Å². The Labute approximate surface area is 112 Å². The normalized spacial score (nSPS) is 23.3. The predicted molar refractivity (Wildman–Crippen MR) is 69.0 cm³/mol. The quantitative estimate of drug-likeness (QED) is 0.459. The second kappa shape index (κ2) is 6.63. The van der Waals surface area contributed by atoms with Gasteiger partial charge in [-0.1, -0.05) is 12.1 Å². The van der Waals surface area contributed by atoms with Crippen LogP contribution in [-0.4, -0.2) is 33.6 Å². The van der Waals surface area contributed by atoms with Gasteiger partial charge < -0.3 is 4.74 Å². The van der Waals surface area contributed by atoms with Crippen molar-refractivity contribution in [2.45, 2.75) is 45.3 Å². The van der Waals surface area contributed by atoms with Crippen molar-refractivity contribution in [3.63, 3.8) is 0 Å². The Hall–Kier alpha value is -1.47. The molecule has 7 heteroatoms. The zero-order chi connectivity index (χ0) is 13.7. The van der Waals surface area contributed by atoms with Gasteiger partial charge in [-0.15, -0.1) is 5.10 Å². The minimum atomic E-state index is -0.437. The van der Waals surface area contributed by atoms with Gasteiger partial charge in [0.25, 0.3) is 5.91 Å². The van der Waals surface area contributed by atoms with Crippen LogP contribution in [-0.2, 0) is 11.3 Å². The van der Waals surface area contributed by atoms with Crippen molar-refractivity contribution >= 4 is 5.91 Å². The highest BCUT2D eigenvalue weighted by Gasteiger charge is 2.18. The molecule has 1 aromatic rings. The molecule has 0 bridgehead atoms. The standard InChI is InChI=1S/C12H21N5O2/c1-9-2-4-10(5-3-9)19-7-6-17-8-11(15-16-17)12(18)14-13/h8-10H,2-7,13H2,1H3,(H,14,18). The number of carbonyl (C=O) groups excluding carboxylic acids is 1. The smallest absolute Gasteiger partial charge is 0.287 e. The van der Waals surface area contributed by atoms with Crippen LogP contribution in [0, 0.1) is 5.92 Å². The lowest BCUT2D eigenvalue weighted by Gasteiger charge is -2.26. The Kier molecular flexibility index (Phi) is 4.86. The van der Waals surface area contributed by atoms with Gasteiger partial charge in [-0.05, 0) is 31.6 Å². The monoisotopic (exact) mass is 267 g/mol. The maximum absolute atomic E-state index is 11.2. The largest absolute Gasteiger partial charge is 0.376 e. The zero-order valence-corrected chi connectivity index (χ0v) is 11.2. The number of hydrogen-bond acceptors (Lipinski definition) is 5. The summed E-state index contributed by atoms with van der Waals surface area (Å²) in [6, 6.07) is 0. The molecule has 0 saturated heterocycles. The lowest BCUT2D eigenvalue weighted by atomic mass is 9.89. The van der Waals surface area contributed by atoms with E-state index in [2.05, 4.69) is 17.2 Å². The van der Waals surface area contributed by atoms with Crippen molar-refractivity contribution in [3.8, 4) is 0 Å². The lowest BCUT2D eigenvalue weighted by molar-refractivity contribution is 0.0145. The Morgan fingerprint density at radius 2 is 2.26 bits per heavy atom. The first-order valence-corrected chi connectivity index (χ1v) is 6.71. The molecule has 1 aliphatic carbocycles. The Morgan fingerprint density at radius 1 is 1.53 bits per heavy atom. The summed E-state index contributed by atoms with van der Waals surface area (Å²) in [5, 5.41) is 7.58. The molecule has 1 heterocycles. The molecule has 3 N–H and O–H groups in total. The summed E-state index contributed by atoms with van der Waals surface area (Å²) in [4.78, 5) is 11.2. The molecule has 19 heavy (non-hydrogen) atoms. The van der Waals surface area contributed by atoms with Gasteiger partial charge in [0.1, 0.15) is 0 Å². The van der Waals surface area contributed by atoms with Crippen LogP contribution in [0.4, 0.5) is 0 Å². The summed E-state index contributed by atoms with van der Waals surface area (Å²) in [6.07, 6.45) is 6.70. The Bertz CT molecular complexity index is 412. The first-order valence-electron chi connectivity index (χ1n) is 6.71. The van der Waals surface area contributed by atoms with Crippen molar-refractivity contribution in [1.29, 1.82) is 0 Å². The number of nitrogen functional groups attached to an aromatic ring is 1. The highest BCUT2D eigenvalue weighted by molar-refractivity contribution is 5.91. The molecular formula is C12H21N5O2. The molecule has 0 aliphatic heterocycles. The Balaban J connectivity index is 1.71. The summed E-state index contributed by atoms with van der Waals surface area (Å²) in [5.74, 6) is 5.41. The van der Waals surface area contributed by atoms with Crippen molar-refractivity contribution in [1.82, 2.24) is 20.4 Å². The summed E-state index contributed by atoms with van der Waals surface area (Å²) < 4.78 is 7.41. The van der Waals surface area contributed by atoms with Crippen LogP contribution in [0.1, 0.15) is 43.1 Å². The molecule has 7 nitrogen and oxygen atoms in total. The third kappa shape index (κ3) is 4.00. The van der Waals surface area contributed by atoms with E-state index in [0.29, 0.717) is 19.3 Å². The molecule has 2 rings (SSSR count). The molecular weight excluding hydrogens is 246 g/mol. The van der Waals surface area contributed by atoms with E-state index in [0.717, 1.165) is 18.8 Å². The molecule has 0 aromatic carbocycles. The van der Waals surface area contributed by atoms with Crippen LogP contribution in [0.15, 0.2) is 6.20 Å². The minimum Gasteiger partial charge on any atom is -0.376 e. The molecule has 0 spiro atoms. The van der Waals surface area contributed by atoms with E-state index in [1.165, 1.54) is 12.8 Å². The fourth-order valence-electron chi connectivity index (χ4n) is 2.29. The summed E-state index contributed by atoms with van der Waals surface area (Å²) in [6.45, 7) is 3.47. The number of rotatable bonds is 5. The van der Waals surface area contributed by atoms with Crippen molar-refractivity contribution in [2.75, 3.05) is 6.61 Å². The van der Waals surface area contributed by atoms with Crippen LogP contribution in [0.5, 0.6) is 0 Å². The summed E-state index contributed by atoms with van der Waals surface area (Å²) in [7, 11) is 0. The number of hydrogen-bond donors (Lipinski definition) is 2. The van der Waals surface area contributed by atoms with Crippen molar-refractivity contribution in [3.05, 3.63) is 11.9 Å². The molecule has 1 aromatic heterocycles. The maximum Gasteiger partial charge on any atom is 0.287 e. The van der Waals surface area contributed by atoms with Gasteiger partial charge in [0, 0.05) is 0 Å². The highest BCUT2D eigenvalue weighted by atomic mass is 16.5. The molecule has 106 valence electrons. The number of carbonyl (C=O) groups is 1. The van der Waals surface area contributed by atoms with Crippen LogP contribution in [0.25, 0.3) is 0 Å². The minimum absolute atomic E-state index is 0.217. The summed E-state index contributed by atoms with van der Waals surface area (Å²) >= 11 is 0. The molecule has 0 radical (unpaired) electrons. The third-order valence-electron chi connectivity index (χ3n) is 3.54. The summed E-state index contributed by atoms with van der Waals surface area (Å²) in [5.41, 5.74) is 2.24. The van der Waals surface area contributed by atoms with Gasteiger partial charge >= 0.3 is 0 Å². The van der Waals surface area contributed by atoms with Crippen LogP contribution >= 0.6 is 0 Å². The van der Waals surface area contributed by atoms with Gasteiger partial charge in [0.15, 0.2) is 5.69 Å². The maximum atomic E-state index is 11.2. The van der Waals surface area contributed by atoms with Gasteiger partial charge in [-0.25, -0.2) is 10.5 Å². The van der Waals surface area contributed by atoms with E-state index < -0.39 is 5.91 Å². The van der Waals surface area contributed by atoms with Gasteiger partial charge in [-0.2, -0.15) is 0 Å². The van der Waals surface area contributed by atoms with E-state index in [1.54, 1.807) is 10.9 Å². The average Bonchev–Trinajstić information content (AvgIpc) is 2.89. The lowest BCUT2D eigenvalue weighted by Crippen LogP contribution is -2.30. The molecule has 1 amide bonds. The zero-order valence-electron chi connectivity index (χ0n) is 11.2. The molecule has 0 atom stereocenters. The fraction of sp³-hybridized carbons (Fsp3) is 0.750. The van der Waals surface area contributed by atoms with Crippen molar-refractivity contribution in [2.24, 2.45) is 11.8 Å². The van der Waals surface area contributed by atoms with E-state index >= 15 is 0 Å². The fourth-order valence-corrected chi connectivity index (χ4v) is 2.29. The molecule has 1 fully saturated rings. The van der Waals surface area contributed by atoms with E-state index in [4.69, 9.17) is 10.6 Å². The van der Waals surface area contributed by atoms with E-state index in [-0.39, 0.29) is 5.69 Å². The first-order chi connectivity index (χ1) is 9.19. The number of nitrogens with two attached hydrogens (primary N) is 1. The first kappa shape index (κ1) is 14.0. The van der Waals surface area contributed by atoms with Crippen LogP contribution in [0.3, 0.4) is 0 Å². The number of aromatic nitrogens is 3. The van der Waals surface area contributed by atoms with Gasteiger partial charge in [-0.3, -0.25) is 10.2 Å². The third-order valence-corrected chi connectivity index (χ3v) is 3.54. The number of nitrogens with zero attached hydrogens (tertiary/aromatic N) is 3. The number of ether oxygens (including phenoxy) is 1. The number of amides is 1. The topological polar surface area (TPSA) is 95.1 Å². The molecule has 1 aliphatic rings. The second-order valence-corrected chi connectivity index (χ2v) is 5.09.